The third-order valence-electron chi connectivity index (χ3n) is 15.2. The molecule has 7 rings (SSSR count). The first kappa shape index (κ1) is 72.5. The molecular formula is C56H79N9O16S7. The van der Waals surface area contributed by atoms with Crippen molar-refractivity contribution in [3.8, 4) is 11.5 Å². The summed E-state index contributed by atoms with van der Waals surface area (Å²) in [7, 11) is 6.66. The van der Waals surface area contributed by atoms with Gasteiger partial charge in [-0.05, 0) is 88.3 Å². The maximum atomic E-state index is 16.0. The highest BCUT2D eigenvalue weighted by Gasteiger charge is 2.44. The molecule has 88 heavy (non-hydrogen) atoms. The van der Waals surface area contributed by atoms with E-state index in [4.69, 9.17) is 0 Å². The first-order valence-electron chi connectivity index (χ1n) is 28.6. The second-order valence-corrected chi connectivity index (χ2v) is 29.8. The van der Waals surface area contributed by atoms with Crippen molar-refractivity contribution in [3.05, 3.63) is 59.7 Å². The molecule has 0 radical (unpaired) electrons. The lowest BCUT2D eigenvalue weighted by atomic mass is 9.89. The number of carboxylic acid groups (broad SMARTS) is 2. The number of rotatable bonds is 14. The van der Waals surface area contributed by atoms with Crippen LogP contribution in [-0.4, -0.2) is 227 Å². The summed E-state index contributed by atoms with van der Waals surface area (Å²) in [5.41, 5.74) is 1.09. The van der Waals surface area contributed by atoms with Crippen LogP contribution in [0.4, 0.5) is 0 Å². The minimum absolute atomic E-state index is 0. The van der Waals surface area contributed by atoms with Crippen LogP contribution in [-0.2, 0) is 65.6 Å². The molecule has 0 aromatic heterocycles. The van der Waals surface area contributed by atoms with E-state index in [1.807, 2.05) is 0 Å². The fraction of sp³-hybridized carbons (Fsp3) is 0.589. The van der Waals surface area contributed by atoms with Crippen LogP contribution in [0.2, 0.25) is 0 Å². The topological polar surface area (TPSA) is 388 Å². The Hall–Kier alpha value is -4.58. The van der Waals surface area contributed by atoms with Gasteiger partial charge in [0.1, 0.15) is 29.4 Å². The van der Waals surface area contributed by atoms with E-state index in [9.17, 15) is 63.9 Å². The van der Waals surface area contributed by atoms with Gasteiger partial charge in [-0.25, -0.2) is 0 Å². The summed E-state index contributed by atoms with van der Waals surface area (Å²) >= 11 is 4.52. The number of phenolic OH excluding ortho intramolecular Hbond substituents is 2. The fourth-order valence-corrected chi connectivity index (χ4v) is 17.8. The number of fused-ring (bicyclic) bond motifs is 14. The molecule has 5 fully saturated rings. The number of thiol groups is 1. The standard InChI is InChI=1S/C56H77N9O16S7.H2/c1-28-51(76)43-25-86-88-27-47-61-36(14-15-48(72)73)53(78)64-38(18-32-8-12-34(69)13-9-32)52(77)35(41(23-84-87-26-46(71)40(21-82)62-47)60-39(19-49(74)75)56(81)65-16-4-5-44(65)54(79)58-28)22-83-85-24-42(45(70)20-57-55(80)50(63-43)30(3)67)59-37(29(2)66)17-31-6-10-33(68)11-7-31;/h6-13,28,30,35-44,47,50,59-63,67-69,82H,4-5,14-27H2,1-3H3,(H,57,80)(H,58,79)(H,64,78)(H,72,73)(H,74,75);1H/t28-,30+,35?,36-,37-,38-,39-,40-,41?,42?,43?,44-,47?,50-;/m0./s1. The van der Waals surface area contributed by atoms with E-state index >= 15 is 14.4 Å². The monoisotopic (exact) mass is 1360 g/mol. The van der Waals surface area contributed by atoms with Gasteiger partial charge in [-0.15, -0.1) is 0 Å². The van der Waals surface area contributed by atoms with Gasteiger partial charge in [-0.1, -0.05) is 89.0 Å². The number of benzene rings is 2. The SMILES string of the molecule is CC(=O)[C@H](Cc1ccc(O)cc1)NC1CSSCC2C(=O)[C@H](Cc3ccc(O)cc3)NC(=O)[C@H](CCC(=O)O)NC3CSSCC(N[C@@H]([C@@H](C)O)C(=O)NCC1=O)C(=O)[C@H](C)NC(=O)[C@@H]1CCCN1C(=O)[C@H](CC(=O)O)NC2CSSCC(=O)[C@H](CS)N3.[HH]. The van der Waals surface area contributed by atoms with Crippen LogP contribution in [0.3, 0.4) is 0 Å². The highest BCUT2D eigenvalue weighted by Crippen LogP contribution is 2.33. The van der Waals surface area contributed by atoms with Gasteiger partial charge in [0.2, 0.25) is 23.6 Å². The van der Waals surface area contributed by atoms with Gasteiger partial charge in [0.25, 0.3) is 0 Å². The van der Waals surface area contributed by atoms with Crippen molar-refractivity contribution in [2.24, 2.45) is 5.92 Å². The molecular weight excluding hydrogens is 1280 g/mol. The van der Waals surface area contributed by atoms with E-state index in [2.05, 4.69) is 55.2 Å². The van der Waals surface area contributed by atoms with Gasteiger partial charge in [0.15, 0.2) is 23.1 Å². The molecule has 5 saturated heterocycles. The number of carbonyl (C=O) groups is 11. The number of aliphatic carboxylic acids is 2. The Balaban J connectivity index is 0.0000144. The number of aliphatic hydroxyl groups excluding tert-OH is 1. The van der Waals surface area contributed by atoms with Crippen LogP contribution in [0.5, 0.6) is 11.5 Å². The summed E-state index contributed by atoms with van der Waals surface area (Å²) in [5.74, 6) is -10.8. The average Bonchev–Trinajstić information content (AvgIpc) is 2.30. The van der Waals surface area contributed by atoms with Crippen LogP contribution in [0.1, 0.15) is 65.4 Å². The van der Waals surface area contributed by atoms with Crippen LogP contribution >= 0.6 is 77.4 Å². The van der Waals surface area contributed by atoms with Crippen LogP contribution < -0.4 is 42.5 Å². The molecule has 14 atom stereocenters. The summed E-state index contributed by atoms with van der Waals surface area (Å²) in [6.45, 7) is 3.37. The Morgan fingerprint density at radius 1 is 0.716 bits per heavy atom. The van der Waals surface area contributed by atoms with Crippen LogP contribution in [0, 0.1) is 5.92 Å². The molecule has 5 aliphatic heterocycles. The van der Waals surface area contributed by atoms with Crippen molar-refractivity contribution in [2.75, 3.05) is 53.4 Å². The number of Topliss-reactive ketones (excluding diaryl/α,β-unsaturated/α-hetero) is 5. The lowest BCUT2D eigenvalue weighted by Gasteiger charge is -2.35. The number of ketones is 5. The van der Waals surface area contributed by atoms with Crippen molar-refractivity contribution >= 4 is 142 Å². The molecule has 32 heteroatoms. The zero-order valence-corrected chi connectivity index (χ0v) is 54.4. The van der Waals surface area contributed by atoms with Gasteiger partial charge in [-0.2, -0.15) is 12.6 Å². The van der Waals surface area contributed by atoms with Crippen LogP contribution in [0.25, 0.3) is 0 Å². The average molecular weight is 1360 g/mol. The number of amides is 4. The van der Waals surface area contributed by atoms with E-state index in [0.29, 0.717) is 17.5 Å². The number of aliphatic hydroxyl groups is 1. The minimum atomic E-state index is -1.62. The maximum absolute atomic E-state index is 16.0. The molecule has 25 nitrogen and oxygen atoms in total. The van der Waals surface area contributed by atoms with E-state index in [1.165, 1.54) is 49.9 Å². The van der Waals surface area contributed by atoms with Gasteiger partial charge >= 0.3 is 11.9 Å². The summed E-state index contributed by atoms with van der Waals surface area (Å²) in [6.07, 6.45) is -3.92. The third-order valence-corrected chi connectivity index (χ3v) is 22.7. The number of hydrogen-bond donors (Lipinski definition) is 14. The Bertz CT molecular complexity index is 2800. The van der Waals surface area contributed by atoms with Crippen molar-refractivity contribution in [1.29, 1.82) is 0 Å². The number of nitrogens with one attached hydrogen (secondary N) is 8. The summed E-state index contributed by atoms with van der Waals surface area (Å²) in [4.78, 5) is 158. The largest absolute Gasteiger partial charge is 0.508 e. The molecule has 0 spiro atoms. The number of aromatic hydroxyl groups is 2. The second-order valence-electron chi connectivity index (χ2n) is 21.8. The molecule has 4 bridgehead atoms. The normalized spacial score (nSPS) is 29.3. The zero-order valence-electron chi connectivity index (χ0n) is 48.6. The lowest BCUT2D eigenvalue weighted by Crippen LogP contribution is -2.61. The third kappa shape index (κ3) is 22.1. The molecule has 13 N–H and O–H groups in total. The highest BCUT2D eigenvalue weighted by molar-refractivity contribution is 8.77. The van der Waals surface area contributed by atoms with E-state index in [0.717, 1.165) is 64.8 Å². The Morgan fingerprint density at radius 2 is 1.35 bits per heavy atom. The first-order valence-corrected chi connectivity index (χ1v) is 36.7. The molecule has 0 aliphatic carbocycles. The quantitative estimate of drug-likeness (QED) is 0.0917. The van der Waals surface area contributed by atoms with Gasteiger partial charge < -0.3 is 51.7 Å². The minimum Gasteiger partial charge on any atom is -0.508 e. The maximum Gasteiger partial charge on any atom is 0.305 e. The number of phenols is 2. The number of carboxylic acids is 2. The van der Waals surface area contributed by atoms with Gasteiger partial charge in [0, 0.05) is 60.9 Å². The molecule has 5 unspecified atom stereocenters. The van der Waals surface area contributed by atoms with Crippen molar-refractivity contribution in [2.45, 2.75) is 144 Å². The van der Waals surface area contributed by atoms with Gasteiger partial charge in [-0.3, -0.25) is 74.0 Å². The van der Waals surface area contributed by atoms with E-state index in [1.54, 1.807) is 24.3 Å². The Kier molecular flexibility index (Phi) is 29.5. The Morgan fingerprint density at radius 3 is 2.00 bits per heavy atom. The van der Waals surface area contributed by atoms with E-state index in [-0.39, 0.29) is 97.0 Å². The molecule has 2 aromatic rings. The zero-order chi connectivity index (χ0) is 64.2. The predicted octanol–water partition coefficient (Wildman–Crippen LogP) is 0.765. The smallest absolute Gasteiger partial charge is 0.305 e. The number of nitrogens with zero attached hydrogens (tertiary/aromatic N) is 1. The summed E-state index contributed by atoms with van der Waals surface area (Å²) in [5, 5.41) is 76.0. The van der Waals surface area contributed by atoms with Crippen molar-refractivity contribution < 1.29 is 79.7 Å². The first-order chi connectivity index (χ1) is 41.9. The molecule has 4 amide bonds. The fourth-order valence-electron chi connectivity index (χ4n) is 10.3. The highest BCUT2D eigenvalue weighted by atomic mass is 33.1. The van der Waals surface area contributed by atoms with Crippen molar-refractivity contribution in [3.63, 3.8) is 0 Å². The van der Waals surface area contributed by atoms with Crippen LogP contribution in [0.15, 0.2) is 48.5 Å². The summed E-state index contributed by atoms with van der Waals surface area (Å²) in [6, 6.07) is -2.31. The lowest BCUT2D eigenvalue weighted by molar-refractivity contribution is -0.145. The molecule has 2 aromatic carbocycles. The van der Waals surface area contributed by atoms with Gasteiger partial charge in [0.05, 0.1) is 79.3 Å². The number of hydrogen-bond acceptors (Lipinski definition) is 26. The molecule has 5 heterocycles. The van der Waals surface area contributed by atoms with E-state index < -0.39 is 157 Å². The molecule has 486 valence electrons. The predicted molar refractivity (Wildman–Crippen MR) is 346 cm³/mol. The molecule has 5 aliphatic rings. The second kappa shape index (κ2) is 35.9. The number of carbonyl (C=O) groups excluding carboxylic acids is 9. The van der Waals surface area contributed by atoms with Crippen molar-refractivity contribution in [1.82, 2.24) is 47.4 Å². The Labute approximate surface area is 540 Å². The summed E-state index contributed by atoms with van der Waals surface area (Å²) < 4.78 is 0. The molecule has 0 saturated carbocycles.